The summed E-state index contributed by atoms with van der Waals surface area (Å²) in [6, 6.07) is 9.80. The van der Waals surface area contributed by atoms with Crippen molar-refractivity contribution < 1.29 is 9.59 Å². The Bertz CT molecular complexity index is 543. The monoisotopic (exact) mass is 404 g/mol. The summed E-state index contributed by atoms with van der Waals surface area (Å²) in [5.41, 5.74) is 0.956. The van der Waals surface area contributed by atoms with Gasteiger partial charge in [-0.2, -0.15) is 0 Å². The van der Waals surface area contributed by atoms with Gasteiger partial charge in [0, 0.05) is 31.5 Å². The maximum absolute atomic E-state index is 12.2. The van der Waals surface area contributed by atoms with Crippen LogP contribution in [0, 0.1) is 5.92 Å². The molecule has 0 aliphatic carbocycles. The fourth-order valence-corrected chi connectivity index (χ4v) is 3.06. The summed E-state index contributed by atoms with van der Waals surface area (Å²) in [6.45, 7) is 10.1. The first kappa shape index (κ1) is 27.3. The summed E-state index contributed by atoms with van der Waals surface area (Å²) in [5.74, 6) is 0.744. The summed E-state index contributed by atoms with van der Waals surface area (Å²) in [4.78, 5) is 27.9. The van der Waals surface area contributed by atoms with Crippen LogP contribution in [0.3, 0.4) is 0 Å². The van der Waals surface area contributed by atoms with Crippen molar-refractivity contribution in [3.05, 3.63) is 30.3 Å². The number of benzene rings is 1. The summed E-state index contributed by atoms with van der Waals surface area (Å²) < 4.78 is 0. The molecule has 29 heavy (non-hydrogen) atoms. The Morgan fingerprint density at radius 1 is 0.793 bits per heavy atom. The number of para-hydroxylation sites is 1. The second-order valence-corrected chi connectivity index (χ2v) is 7.83. The first-order valence-electron chi connectivity index (χ1n) is 11.4. The van der Waals surface area contributed by atoms with E-state index in [2.05, 4.69) is 11.9 Å². The number of carbonyl (C=O) groups excluding carboxylic acids is 2. The lowest BCUT2D eigenvalue weighted by Crippen LogP contribution is -2.25. The average molecular weight is 405 g/mol. The fraction of sp³-hybridized carbons (Fsp3) is 0.680. The number of hydrogen-bond acceptors (Lipinski definition) is 3. The van der Waals surface area contributed by atoms with Gasteiger partial charge in [0.1, 0.15) is 5.78 Å². The maximum atomic E-state index is 12.2. The van der Waals surface area contributed by atoms with E-state index in [1.807, 2.05) is 65.1 Å². The van der Waals surface area contributed by atoms with Crippen LogP contribution >= 0.6 is 0 Å². The van der Waals surface area contributed by atoms with Gasteiger partial charge in [-0.25, -0.2) is 0 Å². The van der Waals surface area contributed by atoms with Gasteiger partial charge in [0.05, 0.1) is 0 Å². The molecule has 0 N–H and O–H groups in total. The predicted molar refractivity (Wildman–Crippen MR) is 125 cm³/mol. The van der Waals surface area contributed by atoms with Crippen molar-refractivity contribution in [3.63, 3.8) is 0 Å². The molecule has 0 spiro atoms. The molecule has 4 nitrogen and oxygen atoms in total. The second-order valence-electron chi connectivity index (χ2n) is 7.83. The van der Waals surface area contributed by atoms with Gasteiger partial charge in [0.15, 0.2) is 0 Å². The van der Waals surface area contributed by atoms with Crippen molar-refractivity contribution in [3.8, 4) is 0 Å². The van der Waals surface area contributed by atoms with E-state index in [9.17, 15) is 9.59 Å². The van der Waals surface area contributed by atoms with Crippen molar-refractivity contribution in [2.24, 2.45) is 5.92 Å². The number of carbonyl (C=O) groups is 2. The van der Waals surface area contributed by atoms with Gasteiger partial charge in [-0.15, -0.1) is 0 Å². The van der Waals surface area contributed by atoms with E-state index in [-0.39, 0.29) is 11.8 Å². The summed E-state index contributed by atoms with van der Waals surface area (Å²) in [6.07, 6.45) is 7.80. The van der Waals surface area contributed by atoms with E-state index < -0.39 is 0 Å². The highest BCUT2D eigenvalue weighted by Gasteiger charge is 2.10. The average Bonchev–Trinajstić information content (AvgIpc) is 2.74. The van der Waals surface area contributed by atoms with Crippen molar-refractivity contribution in [1.29, 1.82) is 0 Å². The van der Waals surface area contributed by atoms with Crippen LogP contribution in [0.1, 0.15) is 79.1 Å². The lowest BCUT2D eigenvalue weighted by Gasteiger charge is -2.18. The number of hydrogen-bond donors (Lipinski definition) is 0. The third-order valence-electron chi connectivity index (χ3n) is 5.06. The molecule has 0 aromatic heterocycles. The Hall–Kier alpha value is -1.68. The number of ketones is 1. The zero-order valence-corrected chi connectivity index (χ0v) is 19.7. The molecule has 1 aromatic rings. The Labute approximate surface area is 179 Å². The highest BCUT2D eigenvalue weighted by atomic mass is 16.2. The third-order valence-corrected chi connectivity index (χ3v) is 5.06. The van der Waals surface area contributed by atoms with Gasteiger partial charge in [-0.3, -0.25) is 9.59 Å². The van der Waals surface area contributed by atoms with E-state index in [0.29, 0.717) is 12.2 Å². The van der Waals surface area contributed by atoms with E-state index in [0.717, 1.165) is 63.7 Å². The van der Waals surface area contributed by atoms with Crippen LogP contribution in [0.25, 0.3) is 0 Å². The molecule has 0 bridgehead atoms. The molecule has 0 heterocycles. The topological polar surface area (TPSA) is 40.6 Å². The van der Waals surface area contributed by atoms with Gasteiger partial charge >= 0.3 is 0 Å². The van der Waals surface area contributed by atoms with Crippen LogP contribution in [0.5, 0.6) is 0 Å². The summed E-state index contributed by atoms with van der Waals surface area (Å²) in [5, 5.41) is 0. The molecule has 0 aliphatic heterocycles. The molecule has 0 saturated carbocycles. The Morgan fingerprint density at radius 2 is 1.31 bits per heavy atom. The molecule has 1 aromatic carbocycles. The molecule has 0 saturated heterocycles. The molecule has 1 rings (SSSR count). The summed E-state index contributed by atoms with van der Waals surface area (Å²) in [7, 11) is 4.01. The predicted octanol–water partition coefficient (Wildman–Crippen LogP) is 5.95. The quantitative estimate of drug-likeness (QED) is 0.360. The zero-order valence-electron chi connectivity index (χ0n) is 19.7. The molecular formula is C25H44N2O2. The smallest absolute Gasteiger partial charge is 0.226 e. The Balaban J connectivity index is 0.00000379. The van der Waals surface area contributed by atoms with Gasteiger partial charge in [-0.1, -0.05) is 58.7 Å². The Kier molecular flexibility index (Phi) is 16.2. The van der Waals surface area contributed by atoms with Gasteiger partial charge < -0.3 is 9.80 Å². The van der Waals surface area contributed by atoms with Crippen molar-refractivity contribution >= 4 is 17.4 Å². The highest BCUT2D eigenvalue weighted by molar-refractivity contribution is 5.92. The minimum Gasteiger partial charge on any atom is -0.316 e. The SMILES string of the molecule is CC.CC(C)C(=O)CCCCCN(C)CCCCCC(=O)N(C)c1ccccc1. The first-order valence-corrected chi connectivity index (χ1v) is 11.4. The van der Waals surface area contributed by atoms with Crippen LogP contribution in [-0.4, -0.2) is 43.8 Å². The van der Waals surface area contributed by atoms with E-state index in [1.54, 1.807) is 4.90 Å². The van der Waals surface area contributed by atoms with Crippen molar-refractivity contribution in [2.45, 2.75) is 79.1 Å². The van der Waals surface area contributed by atoms with Crippen LogP contribution in [0.2, 0.25) is 0 Å². The first-order chi connectivity index (χ1) is 13.9. The van der Waals surface area contributed by atoms with Crippen LogP contribution in [0.4, 0.5) is 5.69 Å². The molecule has 0 fully saturated rings. The van der Waals surface area contributed by atoms with Gasteiger partial charge in [0.25, 0.3) is 0 Å². The number of Topliss-reactive ketones (excluding diaryl/α,β-unsaturated/α-hetero) is 1. The summed E-state index contributed by atoms with van der Waals surface area (Å²) >= 11 is 0. The maximum Gasteiger partial charge on any atom is 0.226 e. The van der Waals surface area contributed by atoms with Crippen LogP contribution in [-0.2, 0) is 9.59 Å². The molecule has 0 aliphatic rings. The number of nitrogens with zero attached hydrogens (tertiary/aromatic N) is 2. The van der Waals surface area contributed by atoms with E-state index in [1.165, 1.54) is 0 Å². The van der Waals surface area contributed by atoms with Gasteiger partial charge in [-0.05, 0) is 58.0 Å². The normalized spacial score (nSPS) is 10.6. The molecule has 4 heteroatoms. The van der Waals surface area contributed by atoms with Crippen molar-refractivity contribution in [1.82, 2.24) is 4.90 Å². The molecule has 166 valence electrons. The largest absolute Gasteiger partial charge is 0.316 e. The van der Waals surface area contributed by atoms with E-state index >= 15 is 0 Å². The minimum absolute atomic E-state index is 0.173. The third kappa shape index (κ3) is 13.2. The minimum atomic E-state index is 0.173. The van der Waals surface area contributed by atoms with Crippen molar-refractivity contribution in [2.75, 3.05) is 32.1 Å². The number of unbranched alkanes of at least 4 members (excludes halogenated alkanes) is 4. The fourth-order valence-electron chi connectivity index (χ4n) is 3.06. The van der Waals surface area contributed by atoms with Crippen LogP contribution in [0.15, 0.2) is 30.3 Å². The second kappa shape index (κ2) is 17.2. The van der Waals surface area contributed by atoms with Crippen LogP contribution < -0.4 is 4.90 Å². The molecule has 1 amide bonds. The number of rotatable bonds is 14. The number of amides is 1. The molecule has 0 atom stereocenters. The lowest BCUT2D eigenvalue weighted by molar-refractivity contribution is -0.122. The lowest BCUT2D eigenvalue weighted by atomic mass is 10.0. The number of anilines is 1. The standard InChI is InChI=1S/C23H38N2O2.C2H6/c1-20(2)22(26)16-10-6-12-18-24(3)19-13-7-11-17-23(27)25(4)21-14-8-5-9-15-21;1-2/h5,8-9,14-15,20H,6-7,10-13,16-19H2,1-4H3;1-2H3. The molecule has 0 unspecified atom stereocenters. The molecular weight excluding hydrogens is 360 g/mol. The molecule has 0 radical (unpaired) electrons. The van der Waals surface area contributed by atoms with E-state index in [4.69, 9.17) is 0 Å². The zero-order chi connectivity index (χ0) is 22.1. The Morgan fingerprint density at radius 3 is 1.83 bits per heavy atom. The highest BCUT2D eigenvalue weighted by Crippen LogP contribution is 2.13. The van der Waals surface area contributed by atoms with Gasteiger partial charge in [0.2, 0.25) is 5.91 Å².